The van der Waals surface area contributed by atoms with Crippen molar-refractivity contribution >= 4 is 11.8 Å². The van der Waals surface area contributed by atoms with E-state index >= 15 is 0 Å². The first kappa shape index (κ1) is 20.3. The largest absolute Gasteiger partial charge is 0.350 e. The molecule has 0 saturated carbocycles. The summed E-state index contributed by atoms with van der Waals surface area (Å²) in [6.07, 6.45) is 0.335. The molecule has 0 fully saturated rings. The molecule has 3 aromatic carbocycles. The van der Waals surface area contributed by atoms with Gasteiger partial charge in [-0.25, -0.2) is 0 Å². The van der Waals surface area contributed by atoms with E-state index in [-0.39, 0.29) is 11.8 Å². The average molecular weight is 386 g/mol. The highest BCUT2D eigenvalue weighted by Gasteiger charge is 2.30. The molecule has 3 aromatic rings. The Balaban J connectivity index is 1.89. The molecule has 4 nitrogen and oxygen atoms in total. The van der Waals surface area contributed by atoms with Crippen LogP contribution in [-0.4, -0.2) is 16.7 Å². The van der Waals surface area contributed by atoms with Crippen LogP contribution in [-0.2, 0) is 22.7 Å². The molecule has 0 saturated heterocycles. The number of carbonyl (C=O) groups is 2. The first-order valence-corrected chi connectivity index (χ1v) is 9.89. The van der Waals surface area contributed by atoms with E-state index in [9.17, 15) is 9.59 Å². The van der Waals surface area contributed by atoms with Crippen molar-refractivity contribution in [1.82, 2.24) is 10.2 Å². The van der Waals surface area contributed by atoms with Crippen LogP contribution >= 0.6 is 0 Å². The van der Waals surface area contributed by atoms with Gasteiger partial charge in [0.05, 0.1) is 0 Å². The zero-order valence-electron chi connectivity index (χ0n) is 16.6. The van der Waals surface area contributed by atoms with Crippen LogP contribution < -0.4 is 5.32 Å². The summed E-state index contributed by atoms with van der Waals surface area (Å²) in [5.41, 5.74) is 2.81. The molecule has 0 spiro atoms. The Hall–Kier alpha value is -3.40. The van der Waals surface area contributed by atoms with Gasteiger partial charge in [-0.05, 0) is 16.7 Å². The van der Waals surface area contributed by atoms with E-state index in [1.54, 1.807) is 4.90 Å². The van der Waals surface area contributed by atoms with Crippen LogP contribution in [0, 0.1) is 0 Å². The third kappa shape index (κ3) is 5.55. The zero-order chi connectivity index (χ0) is 20.5. The third-order valence-corrected chi connectivity index (χ3v) is 4.80. The zero-order valence-corrected chi connectivity index (χ0v) is 16.6. The summed E-state index contributed by atoms with van der Waals surface area (Å²) in [5, 5.41) is 3.01. The number of amides is 2. The second-order valence-electron chi connectivity index (χ2n) is 6.88. The number of hydrogen-bond acceptors (Lipinski definition) is 2. The lowest BCUT2D eigenvalue weighted by Gasteiger charge is -2.31. The van der Waals surface area contributed by atoms with Gasteiger partial charge in [-0.2, -0.15) is 0 Å². The molecule has 148 valence electrons. The SMILES string of the molecule is CCC(=O)N(Cc1ccccc1)[C@H](C(=O)NCc1ccccc1)c1ccccc1. The highest BCUT2D eigenvalue weighted by atomic mass is 16.2. The second kappa shape index (κ2) is 10.2. The molecule has 0 radical (unpaired) electrons. The lowest BCUT2D eigenvalue weighted by molar-refractivity contribution is -0.141. The quantitative estimate of drug-likeness (QED) is 0.620. The lowest BCUT2D eigenvalue weighted by atomic mass is 10.0. The fourth-order valence-corrected chi connectivity index (χ4v) is 3.30. The predicted octanol–water partition coefficient (Wildman–Crippen LogP) is 4.48. The molecule has 29 heavy (non-hydrogen) atoms. The van der Waals surface area contributed by atoms with Gasteiger partial charge < -0.3 is 10.2 Å². The maximum atomic E-state index is 13.3. The minimum atomic E-state index is -0.687. The highest BCUT2D eigenvalue weighted by molar-refractivity contribution is 5.88. The number of rotatable bonds is 8. The van der Waals surface area contributed by atoms with Crippen molar-refractivity contribution in [2.75, 3.05) is 0 Å². The van der Waals surface area contributed by atoms with Crippen molar-refractivity contribution in [3.63, 3.8) is 0 Å². The van der Waals surface area contributed by atoms with Crippen molar-refractivity contribution in [2.24, 2.45) is 0 Å². The number of nitrogens with one attached hydrogen (secondary N) is 1. The van der Waals surface area contributed by atoms with Gasteiger partial charge in [0.15, 0.2) is 0 Å². The Bertz CT molecular complexity index is 911. The number of benzene rings is 3. The van der Waals surface area contributed by atoms with Crippen molar-refractivity contribution in [2.45, 2.75) is 32.5 Å². The van der Waals surface area contributed by atoms with E-state index in [2.05, 4.69) is 5.32 Å². The van der Waals surface area contributed by atoms with Gasteiger partial charge in [0.2, 0.25) is 11.8 Å². The van der Waals surface area contributed by atoms with Crippen molar-refractivity contribution in [1.29, 1.82) is 0 Å². The number of hydrogen-bond donors (Lipinski definition) is 1. The molecule has 0 aliphatic carbocycles. The van der Waals surface area contributed by atoms with E-state index in [1.165, 1.54) is 0 Å². The van der Waals surface area contributed by atoms with Gasteiger partial charge >= 0.3 is 0 Å². The van der Waals surface area contributed by atoms with Crippen LogP contribution in [0.25, 0.3) is 0 Å². The maximum Gasteiger partial charge on any atom is 0.247 e. The Kier molecular flexibility index (Phi) is 7.17. The molecule has 1 atom stereocenters. The van der Waals surface area contributed by atoms with E-state index in [0.29, 0.717) is 19.5 Å². The van der Waals surface area contributed by atoms with Crippen LogP contribution in [0.1, 0.15) is 36.1 Å². The van der Waals surface area contributed by atoms with E-state index in [0.717, 1.165) is 16.7 Å². The van der Waals surface area contributed by atoms with Gasteiger partial charge in [-0.1, -0.05) is 97.9 Å². The van der Waals surface area contributed by atoms with E-state index in [1.807, 2.05) is 97.9 Å². The first-order valence-electron chi connectivity index (χ1n) is 9.89. The van der Waals surface area contributed by atoms with Gasteiger partial charge in [-0.15, -0.1) is 0 Å². The number of carbonyl (C=O) groups excluding carboxylic acids is 2. The molecule has 0 bridgehead atoms. The van der Waals surface area contributed by atoms with Gasteiger partial charge in [0.1, 0.15) is 6.04 Å². The molecule has 1 N–H and O–H groups in total. The summed E-state index contributed by atoms with van der Waals surface area (Å²) in [4.78, 5) is 27.8. The van der Waals surface area contributed by atoms with Gasteiger partial charge in [0, 0.05) is 19.5 Å². The van der Waals surface area contributed by atoms with Crippen LogP contribution in [0.4, 0.5) is 0 Å². The second-order valence-corrected chi connectivity index (χ2v) is 6.88. The summed E-state index contributed by atoms with van der Waals surface area (Å²) in [7, 11) is 0. The first-order chi connectivity index (χ1) is 14.2. The molecule has 0 heterocycles. The molecule has 0 aliphatic rings. The summed E-state index contributed by atoms with van der Waals surface area (Å²) in [6, 6.07) is 28.3. The molecule has 0 aliphatic heterocycles. The molecule has 0 aromatic heterocycles. The maximum absolute atomic E-state index is 13.3. The Morgan fingerprint density at radius 2 is 1.31 bits per heavy atom. The molecule has 2 amide bonds. The molecular formula is C25H26N2O2. The normalized spacial score (nSPS) is 11.5. The Morgan fingerprint density at radius 1 is 0.793 bits per heavy atom. The van der Waals surface area contributed by atoms with Crippen molar-refractivity contribution < 1.29 is 9.59 Å². The summed E-state index contributed by atoms with van der Waals surface area (Å²) < 4.78 is 0. The topological polar surface area (TPSA) is 49.4 Å². The molecule has 3 rings (SSSR count). The smallest absolute Gasteiger partial charge is 0.247 e. The molecular weight excluding hydrogens is 360 g/mol. The Morgan fingerprint density at radius 3 is 1.86 bits per heavy atom. The van der Waals surface area contributed by atoms with Crippen LogP contribution in [0.3, 0.4) is 0 Å². The predicted molar refractivity (Wildman–Crippen MR) is 115 cm³/mol. The van der Waals surface area contributed by atoms with Crippen molar-refractivity contribution in [3.05, 3.63) is 108 Å². The fraction of sp³-hybridized carbons (Fsp3) is 0.200. The molecule has 0 unspecified atom stereocenters. The summed E-state index contributed by atoms with van der Waals surface area (Å²) in [5.74, 6) is -0.240. The minimum absolute atomic E-state index is 0.0578. The minimum Gasteiger partial charge on any atom is -0.350 e. The Labute approximate surface area is 172 Å². The van der Waals surface area contributed by atoms with Crippen LogP contribution in [0.5, 0.6) is 0 Å². The average Bonchev–Trinajstić information content (AvgIpc) is 2.79. The monoisotopic (exact) mass is 386 g/mol. The molecule has 4 heteroatoms. The summed E-state index contributed by atoms with van der Waals surface area (Å²) in [6.45, 7) is 2.62. The van der Waals surface area contributed by atoms with Gasteiger partial charge in [-0.3, -0.25) is 9.59 Å². The summed E-state index contributed by atoms with van der Waals surface area (Å²) >= 11 is 0. The van der Waals surface area contributed by atoms with Crippen LogP contribution in [0.2, 0.25) is 0 Å². The lowest BCUT2D eigenvalue weighted by Crippen LogP contribution is -2.43. The fourth-order valence-electron chi connectivity index (χ4n) is 3.30. The standard InChI is InChI=1S/C25H26N2O2/c1-2-23(28)27(19-21-14-8-4-9-15-21)24(22-16-10-5-11-17-22)25(29)26-18-20-12-6-3-7-13-20/h3-17,24H,2,18-19H2,1H3,(H,26,29)/t24-/m0/s1. The van der Waals surface area contributed by atoms with E-state index < -0.39 is 6.04 Å². The third-order valence-electron chi connectivity index (χ3n) is 4.80. The van der Waals surface area contributed by atoms with Crippen LogP contribution in [0.15, 0.2) is 91.0 Å². The number of nitrogens with zero attached hydrogens (tertiary/aromatic N) is 1. The highest BCUT2D eigenvalue weighted by Crippen LogP contribution is 2.24. The van der Waals surface area contributed by atoms with Crippen molar-refractivity contribution in [3.8, 4) is 0 Å². The van der Waals surface area contributed by atoms with E-state index in [4.69, 9.17) is 0 Å². The van der Waals surface area contributed by atoms with Gasteiger partial charge in [0.25, 0.3) is 0 Å².